The number of aryl methyl sites for hydroxylation is 1. The lowest BCUT2D eigenvalue weighted by Crippen LogP contribution is -2.28. The summed E-state index contributed by atoms with van der Waals surface area (Å²) in [5.41, 5.74) is 2.74. The highest BCUT2D eigenvalue weighted by Crippen LogP contribution is 2.37. The van der Waals surface area contributed by atoms with Crippen LogP contribution in [0.25, 0.3) is 0 Å². The van der Waals surface area contributed by atoms with Crippen LogP contribution in [0, 0.1) is 11.8 Å². The van der Waals surface area contributed by atoms with Crippen molar-refractivity contribution in [2.45, 2.75) is 91.5 Å². The van der Waals surface area contributed by atoms with E-state index in [4.69, 9.17) is 0 Å². The van der Waals surface area contributed by atoms with E-state index in [1.807, 2.05) is 0 Å². The minimum Gasteiger partial charge on any atom is -0.244 e. The first kappa shape index (κ1) is 16.5. The van der Waals surface area contributed by atoms with Crippen LogP contribution in [0.5, 0.6) is 0 Å². The monoisotopic (exact) mass is 291 g/mol. The Morgan fingerprint density at radius 2 is 1.86 bits per heavy atom. The van der Waals surface area contributed by atoms with Crippen molar-refractivity contribution in [1.29, 1.82) is 0 Å². The molecule has 1 aliphatic carbocycles. The summed E-state index contributed by atoms with van der Waals surface area (Å²) < 4.78 is 2.21. The van der Waals surface area contributed by atoms with E-state index in [0.717, 1.165) is 18.3 Å². The molecule has 1 heterocycles. The highest BCUT2D eigenvalue weighted by molar-refractivity contribution is 5.18. The van der Waals surface area contributed by atoms with Gasteiger partial charge >= 0.3 is 0 Å². The molecule has 0 bridgehead atoms. The van der Waals surface area contributed by atoms with Crippen LogP contribution in [0.4, 0.5) is 0 Å². The zero-order valence-electron chi connectivity index (χ0n) is 14.8. The summed E-state index contributed by atoms with van der Waals surface area (Å²) in [6, 6.07) is 0. The van der Waals surface area contributed by atoms with Gasteiger partial charge in [0, 0.05) is 5.92 Å². The van der Waals surface area contributed by atoms with Crippen molar-refractivity contribution in [3.05, 3.63) is 11.4 Å². The second kappa shape index (κ2) is 6.50. The van der Waals surface area contributed by atoms with E-state index in [1.54, 1.807) is 0 Å². The van der Waals surface area contributed by atoms with Crippen molar-refractivity contribution in [3.8, 4) is 0 Å². The number of hydrogen-bond acceptors (Lipinski definition) is 2. The van der Waals surface area contributed by atoms with Crippen LogP contribution < -0.4 is 0 Å². The molecule has 21 heavy (non-hydrogen) atoms. The third-order valence-electron chi connectivity index (χ3n) is 5.06. The quantitative estimate of drug-likeness (QED) is 0.791. The molecule has 1 aromatic rings. The summed E-state index contributed by atoms with van der Waals surface area (Å²) in [4.78, 5) is 0. The van der Waals surface area contributed by atoms with E-state index in [1.165, 1.54) is 43.5 Å². The van der Waals surface area contributed by atoms with Crippen LogP contribution in [-0.4, -0.2) is 15.0 Å². The number of nitrogens with zero attached hydrogens (tertiary/aromatic N) is 3. The molecule has 0 radical (unpaired) electrons. The average molecular weight is 291 g/mol. The molecular formula is C18H33N3. The van der Waals surface area contributed by atoms with Crippen molar-refractivity contribution < 1.29 is 0 Å². The lowest BCUT2D eigenvalue weighted by molar-refractivity contribution is 0.296. The Bertz CT molecular complexity index is 454. The minimum atomic E-state index is 0.0269. The Hall–Kier alpha value is -0.860. The van der Waals surface area contributed by atoms with Gasteiger partial charge in [0.1, 0.15) is 0 Å². The van der Waals surface area contributed by atoms with Crippen LogP contribution in [0.3, 0.4) is 0 Å². The number of hydrogen-bond donors (Lipinski definition) is 0. The van der Waals surface area contributed by atoms with Gasteiger partial charge in [-0.25, -0.2) is 4.68 Å². The molecule has 0 aliphatic heterocycles. The van der Waals surface area contributed by atoms with Gasteiger partial charge in [0.15, 0.2) is 0 Å². The first-order valence-corrected chi connectivity index (χ1v) is 8.75. The molecule has 1 aliphatic rings. The Morgan fingerprint density at radius 3 is 2.48 bits per heavy atom. The molecule has 0 fully saturated rings. The maximum atomic E-state index is 4.54. The number of rotatable bonds is 3. The fraction of sp³-hybridized carbons (Fsp3) is 0.889. The van der Waals surface area contributed by atoms with Crippen LogP contribution in [0.15, 0.2) is 0 Å². The zero-order valence-corrected chi connectivity index (χ0v) is 14.8. The van der Waals surface area contributed by atoms with Crippen molar-refractivity contribution in [1.82, 2.24) is 15.0 Å². The van der Waals surface area contributed by atoms with Crippen LogP contribution in [-0.2, 0) is 12.0 Å². The third kappa shape index (κ3) is 3.87. The van der Waals surface area contributed by atoms with Crippen molar-refractivity contribution in [3.63, 3.8) is 0 Å². The Kier molecular flexibility index (Phi) is 5.11. The topological polar surface area (TPSA) is 30.7 Å². The first-order chi connectivity index (χ1) is 9.80. The Morgan fingerprint density at radius 1 is 1.14 bits per heavy atom. The van der Waals surface area contributed by atoms with E-state index < -0.39 is 0 Å². The normalized spacial score (nSPS) is 21.8. The maximum Gasteiger partial charge on any atom is 0.0862 e. The number of fused-ring (bicyclic) bond motifs is 1. The molecule has 3 nitrogen and oxygen atoms in total. The average Bonchev–Trinajstić information content (AvgIpc) is 2.76. The van der Waals surface area contributed by atoms with Gasteiger partial charge in [0.2, 0.25) is 0 Å². The molecule has 120 valence electrons. The van der Waals surface area contributed by atoms with Crippen molar-refractivity contribution in [2.24, 2.45) is 11.8 Å². The van der Waals surface area contributed by atoms with Crippen LogP contribution in [0.1, 0.15) is 91.0 Å². The second-order valence-corrected chi connectivity index (χ2v) is 8.26. The maximum absolute atomic E-state index is 4.54. The third-order valence-corrected chi connectivity index (χ3v) is 5.06. The van der Waals surface area contributed by atoms with Crippen LogP contribution >= 0.6 is 0 Å². The largest absolute Gasteiger partial charge is 0.244 e. The Labute approximate surface area is 130 Å². The smallest absolute Gasteiger partial charge is 0.0862 e. The van der Waals surface area contributed by atoms with Gasteiger partial charge in [0.05, 0.1) is 16.9 Å². The molecule has 3 heteroatoms. The second-order valence-electron chi connectivity index (χ2n) is 8.26. The van der Waals surface area contributed by atoms with Gasteiger partial charge in [-0.3, -0.25) is 0 Å². The molecule has 2 rings (SSSR count). The fourth-order valence-electron chi connectivity index (χ4n) is 3.35. The molecule has 0 N–H and O–H groups in total. The molecule has 0 spiro atoms. The molecule has 0 saturated carbocycles. The minimum absolute atomic E-state index is 0.0269. The predicted octanol–water partition coefficient (Wildman–Crippen LogP) is 4.92. The summed E-state index contributed by atoms with van der Waals surface area (Å²) in [5, 5.41) is 9.06. The van der Waals surface area contributed by atoms with Gasteiger partial charge < -0.3 is 0 Å². The number of aromatic nitrogens is 3. The predicted molar refractivity (Wildman–Crippen MR) is 88.6 cm³/mol. The Balaban J connectivity index is 2.36. The summed E-state index contributed by atoms with van der Waals surface area (Å²) in [6.07, 6.45) is 7.64. The summed E-state index contributed by atoms with van der Waals surface area (Å²) in [7, 11) is 0. The lowest BCUT2D eigenvalue weighted by Gasteiger charge is -2.29. The highest BCUT2D eigenvalue weighted by atomic mass is 15.5. The van der Waals surface area contributed by atoms with Gasteiger partial charge in [-0.2, -0.15) is 0 Å². The highest BCUT2D eigenvalue weighted by Gasteiger charge is 2.30. The molecule has 2 atom stereocenters. The van der Waals surface area contributed by atoms with Crippen LogP contribution in [0.2, 0.25) is 0 Å². The molecular weight excluding hydrogens is 258 g/mol. The van der Waals surface area contributed by atoms with E-state index in [9.17, 15) is 0 Å². The fourth-order valence-corrected chi connectivity index (χ4v) is 3.35. The first-order valence-electron chi connectivity index (χ1n) is 8.75. The lowest BCUT2D eigenvalue weighted by atomic mass is 9.81. The van der Waals surface area contributed by atoms with E-state index in [0.29, 0.717) is 5.92 Å². The van der Waals surface area contributed by atoms with Gasteiger partial charge in [-0.1, -0.05) is 38.8 Å². The van der Waals surface area contributed by atoms with E-state index >= 15 is 0 Å². The van der Waals surface area contributed by atoms with E-state index in [2.05, 4.69) is 56.5 Å². The molecule has 0 amide bonds. The molecule has 0 aromatic carbocycles. The summed E-state index contributed by atoms with van der Waals surface area (Å²) in [6.45, 7) is 13.8. The van der Waals surface area contributed by atoms with E-state index in [-0.39, 0.29) is 5.54 Å². The van der Waals surface area contributed by atoms with Gasteiger partial charge in [-0.05, 0) is 58.3 Å². The van der Waals surface area contributed by atoms with Gasteiger partial charge in [-0.15, -0.1) is 5.10 Å². The zero-order chi connectivity index (χ0) is 15.6. The van der Waals surface area contributed by atoms with Crippen molar-refractivity contribution >= 4 is 0 Å². The summed E-state index contributed by atoms with van der Waals surface area (Å²) >= 11 is 0. The molecule has 2 unspecified atom stereocenters. The molecule has 0 saturated heterocycles. The van der Waals surface area contributed by atoms with Crippen molar-refractivity contribution in [2.75, 3.05) is 0 Å². The standard InChI is InChI=1S/C18H33N3/c1-13(2)14(3)12-15-10-8-7-9-11-16-17(15)21(20-19-16)18(4,5)6/h13-15H,7-12H2,1-6H3. The molecule has 1 aromatic heterocycles. The van der Waals surface area contributed by atoms with Gasteiger partial charge in [0.25, 0.3) is 0 Å². The summed E-state index contributed by atoms with van der Waals surface area (Å²) in [5.74, 6) is 2.13. The SMILES string of the molecule is CC(C)C(C)CC1CCCCCc2nnn(C(C)(C)C)c21.